The van der Waals surface area contributed by atoms with E-state index < -0.39 is 18.4 Å². The van der Waals surface area contributed by atoms with Gasteiger partial charge in [-0.15, -0.1) is 13.2 Å². The molecule has 0 amide bonds. The number of ether oxygens (including phenoxy) is 1. The van der Waals surface area contributed by atoms with Crippen LogP contribution in [-0.2, 0) is 4.79 Å². The first-order chi connectivity index (χ1) is 7.78. The Morgan fingerprint density at radius 3 is 2.29 bits per heavy atom. The van der Waals surface area contributed by atoms with Crippen LogP contribution in [0.25, 0.3) is 0 Å². The zero-order valence-electron chi connectivity index (χ0n) is 8.78. The Balaban J connectivity index is 2.65. The molecular weight excluding hydrogens is 239 g/mol. The maximum Gasteiger partial charge on any atom is 0.573 e. The molecule has 1 unspecified atom stereocenters. The molecule has 0 aliphatic heterocycles. The molecule has 0 heterocycles. The summed E-state index contributed by atoms with van der Waals surface area (Å²) in [6, 6.07) is 3.99. The summed E-state index contributed by atoms with van der Waals surface area (Å²) < 4.78 is 39.2. The normalized spacial score (nSPS) is 12.9. The van der Waals surface area contributed by atoms with Crippen molar-refractivity contribution in [3.05, 3.63) is 24.3 Å². The van der Waals surface area contributed by atoms with Crippen LogP contribution in [0.3, 0.4) is 0 Å². The van der Waals surface area contributed by atoms with Crippen LogP contribution in [0.1, 0.15) is 6.92 Å². The second kappa shape index (κ2) is 4.94. The van der Waals surface area contributed by atoms with Gasteiger partial charge in [-0.2, -0.15) is 0 Å². The van der Waals surface area contributed by atoms with Crippen molar-refractivity contribution in [1.29, 1.82) is 0 Å². The van der Waals surface area contributed by atoms with Crippen LogP contribution in [0.4, 0.5) is 18.9 Å². The van der Waals surface area contributed by atoms with E-state index in [1.54, 1.807) is 0 Å². The van der Waals surface area contributed by atoms with Gasteiger partial charge < -0.3 is 15.2 Å². The predicted octanol–water partition coefficient (Wildman–Crippen LogP) is 2.47. The van der Waals surface area contributed by atoms with Gasteiger partial charge in [0.1, 0.15) is 11.8 Å². The Morgan fingerprint density at radius 1 is 1.35 bits per heavy atom. The molecule has 7 heteroatoms. The first kappa shape index (κ1) is 13.1. The van der Waals surface area contributed by atoms with Crippen molar-refractivity contribution in [3.8, 4) is 5.75 Å². The van der Waals surface area contributed by atoms with E-state index in [-0.39, 0.29) is 5.75 Å². The molecule has 1 aromatic carbocycles. The van der Waals surface area contributed by atoms with E-state index in [0.717, 1.165) is 12.1 Å². The third kappa shape index (κ3) is 4.62. The molecule has 0 aromatic heterocycles. The standard InChI is InChI=1S/C10H10F3NO3/c1-6(9(15)16)14-7-2-4-8(5-3-7)17-10(11,12)13/h2-6,14H,1H3,(H,15,16). The summed E-state index contributed by atoms with van der Waals surface area (Å²) in [4.78, 5) is 10.5. The molecule has 1 rings (SSSR count). The maximum atomic E-state index is 11.8. The number of hydrogen-bond acceptors (Lipinski definition) is 3. The molecule has 0 aliphatic rings. The molecule has 2 N–H and O–H groups in total. The third-order valence-corrected chi connectivity index (χ3v) is 1.84. The predicted molar refractivity (Wildman–Crippen MR) is 53.8 cm³/mol. The summed E-state index contributed by atoms with van der Waals surface area (Å²) in [5, 5.41) is 11.2. The van der Waals surface area contributed by atoms with Crippen molar-refractivity contribution in [2.45, 2.75) is 19.3 Å². The van der Waals surface area contributed by atoms with Gasteiger partial charge in [-0.05, 0) is 31.2 Å². The largest absolute Gasteiger partial charge is 0.573 e. The molecule has 0 bridgehead atoms. The van der Waals surface area contributed by atoms with Crippen molar-refractivity contribution in [2.75, 3.05) is 5.32 Å². The fraction of sp³-hybridized carbons (Fsp3) is 0.300. The van der Waals surface area contributed by atoms with Crippen LogP contribution in [-0.4, -0.2) is 23.5 Å². The number of aliphatic carboxylic acids is 1. The minimum absolute atomic E-state index is 0.356. The van der Waals surface area contributed by atoms with E-state index >= 15 is 0 Å². The first-order valence-corrected chi connectivity index (χ1v) is 4.63. The van der Waals surface area contributed by atoms with Crippen LogP contribution in [0.2, 0.25) is 0 Å². The highest BCUT2D eigenvalue weighted by molar-refractivity contribution is 5.76. The van der Waals surface area contributed by atoms with Crippen LogP contribution in [0, 0.1) is 0 Å². The number of carbonyl (C=O) groups is 1. The number of alkyl halides is 3. The number of benzene rings is 1. The van der Waals surface area contributed by atoms with Crippen molar-refractivity contribution in [3.63, 3.8) is 0 Å². The summed E-state index contributed by atoms with van der Waals surface area (Å²) in [5.41, 5.74) is 0.398. The smallest absolute Gasteiger partial charge is 0.480 e. The Kier molecular flexibility index (Phi) is 3.82. The van der Waals surface area contributed by atoms with Crippen LogP contribution in [0.15, 0.2) is 24.3 Å². The fourth-order valence-corrected chi connectivity index (χ4v) is 1.06. The van der Waals surface area contributed by atoms with Crippen LogP contribution >= 0.6 is 0 Å². The zero-order valence-corrected chi connectivity index (χ0v) is 8.78. The van der Waals surface area contributed by atoms with Crippen molar-refractivity contribution >= 4 is 11.7 Å². The minimum Gasteiger partial charge on any atom is -0.480 e. The highest BCUT2D eigenvalue weighted by Gasteiger charge is 2.30. The molecular formula is C10H10F3NO3. The molecule has 0 aliphatic carbocycles. The highest BCUT2D eigenvalue weighted by Crippen LogP contribution is 2.24. The number of carboxylic acid groups (broad SMARTS) is 1. The lowest BCUT2D eigenvalue weighted by Gasteiger charge is -2.12. The number of anilines is 1. The van der Waals surface area contributed by atoms with E-state index in [9.17, 15) is 18.0 Å². The van der Waals surface area contributed by atoms with E-state index in [1.165, 1.54) is 19.1 Å². The van der Waals surface area contributed by atoms with Gasteiger partial charge in [-0.25, -0.2) is 0 Å². The van der Waals surface area contributed by atoms with Gasteiger partial charge in [-0.3, -0.25) is 4.79 Å². The van der Waals surface area contributed by atoms with Gasteiger partial charge in [0.15, 0.2) is 0 Å². The zero-order chi connectivity index (χ0) is 13.1. The topological polar surface area (TPSA) is 58.6 Å². The molecule has 1 atom stereocenters. The highest BCUT2D eigenvalue weighted by atomic mass is 19.4. The van der Waals surface area contributed by atoms with Gasteiger partial charge in [0.2, 0.25) is 0 Å². The maximum absolute atomic E-state index is 11.8. The van der Waals surface area contributed by atoms with Crippen molar-refractivity contribution in [2.24, 2.45) is 0 Å². The van der Waals surface area contributed by atoms with Crippen molar-refractivity contribution in [1.82, 2.24) is 0 Å². The minimum atomic E-state index is -4.73. The average molecular weight is 249 g/mol. The molecule has 1 aromatic rings. The monoisotopic (exact) mass is 249 g/mol. The lowest BCUT2D eigenvalue weighted by atomic mass is 10.2. The summed E-state index contributed by atoms with van der Waals surface area (Å²) in [5.74, 6) is -1.41. The second-order valence-electron chi connectivity index (χ2n) is 3.28. The van der Waals surface area contributed by atoms with Gasteiger partial charge >= 0.3 is 12.3 Å². The molecule has 0 saturated carbocycles. The van der Waals surface area contributed by atoms with E-state index in [1.807, 2.05) is 0 Å². The number of rotatable bonds is 4. The molecule has 94 valence electrons. The van der Waals surface area contributed by atoms with Crippen LogP contribution < -0.4 is 10.1 Å². The Hall–Kier alpha value is -1.92. The SMILES string of the molecule is CC(Nc1ccc(OC(F)(F)F)cc1)C(=O)O. The molecule has 17 heavy (non-hydrogen) atoms. The van der Waals surface area contributed by atoms with Gasteiger partial charge in [0, 0.05) is 5.69 Å². The van der Waals surface area contributed by atoms with Gasteiger partial charge in [0.05, 0.1) is 0 Å². The van der Waals surface area contributed by atoms with Gasteiger partial charge in [-0.1, -0.05) is 0 Å². The second-order valence-corrected chi connectivity index (χ2v) is 3.28. The number of carboxylic acids is 1. The Labute approximate surface area is 95.0 Å². The molecule has 0 fully saturated rings. The van der Waals surface area contributed by atoms with Crippen molar-refractivity contribution < 1.29 is 27.8 Å². The summed E-state index contributed by atoms with van der Waals surface area (Å²) in [6.45, 7) is 1.42. The Morgan fingerprint density at radius 2 is 1.88 bits per heavy atom. The van der Waals surface area contributed by atoms with E-state index in [4.69, 9.17) is 5.11 Å². The van der Waals surface area contributed by atoms with Crippen LogP contribution in [0.5, 0.6) is 5.75 Å². The quantitative estimate of drug-likeness (QED) is 0.860. The lowest BCUT2D eigenvalue weighted by Crippen LogP contribution is -2.25. The number of hydrogen-bond donors (Lipinski definition) is 2. The van der Waals surface area contributed by atoms with E-state index in [2.05, 4.69) is 10.1 Å². The van der Waals surface area contributed by atoms with Gasteiger partial charge in [0.25, 0.3) is 0 Å². The number of nitrogens with one attached hydrogen (secondary N) is 1. The first-order valence-electron chi connectivity index (χ1n) is 4.63. The molecule has 0 radical (unpaired) electrons. The molecule has 0 saturated heterocycles. The summed E-state index contributed by atoms with van der Waals surface area (Å²) in [6.07, 6.45) is -4.73. The fourth-order valence-electron chi connectivity index (χ4n) is 1.06. The summed E-state index contributed by atoms with van der Waals surface area (Å²) >= 11 is 0. The number of halogens is 3. The third-order valence-electron chi connectivity index (χ3n) is 1.84. The summed E-state index contributed by atoms with van der Waals surface area (Å²) in [7, 11) is 0. The average Bonchev–Trinajstić information content (AvgIpc) is 2.18. The molecule has 0 spiro atoms. The Bertz CT molecular complexity index is 389. The molecule has 4 nitrogen and oxygen atoms in total. The van der Waals surface area contributed by atoms with E-state index in [0.29, 0.717) is 5.69 Å². The lowest BCUT2D eigenvalue weighted by molar-refractivity contribution is -0.274.